The van der Waals surface area contributed by atoms with Gasteiger partial charge in [0.15, 0.2) is 0 Å². The van der Waals surface area contributed by atoms with Crippen LogP contribution in [0.15, 0.2) is 47.4 Å². The van der Waals surface area contributed by atoms with Crippen LogP contribution in [0.5, 0.6) is 0 Å². The molecule has 2 aromatic rings. The lowest BCUT2D eigenvalue weighted by atomic mass is 10.1. The highest BCUT2D eigenvalue weighted by Gasteiger charge is 2.33. The summed E-state index contributed by atoms with van der Waals surface area (Å²) >= 11 is 3.12. The topological polar surface area (TPSA) is 20.3 Å². The second-order valence-corrected chi connectivity index (χ2v) is 7.11. The first-order valence-corrected chi connectivity index (χ1v) is 9.35. The second kappa shape index (κ2) is 6.93. The summed E-state index contributed by atoms with van der Waals surface area (Å²) < 4.78 is 27.7. The van der Waals surface area contributed by atoms with Crippen molar-refractivity contribution >= 4 is 29.4 Å². The number of hydrogen-bond acceptors (Lipinski definition) is 3. The zero-order chi connectivity index (χ0) is 16.4. The molecule has 120 valence electrons. The first-order chi connectivity index (χ1) is 11.1. The molecule has 2 aromatic carbocycles. The van der Waals surface area contributed by atoms with Gasteiger partial charge in [0.05, 0.1) is 12.3 Å². The monoisotopic (exact) mass is 351 g/mol. The third-order valence-corrected chi connectivity index (χ3v) is 5.76. The first kappa shape index (κ1) is 16.3. The fourth-order valence-electron chi connectivity index (χ4n) is 2.52. The van der Waals surface area contributed by atoms with E-state index in [4.69, 9.17) is 0 Å². The van der Waals surface area contributed by atoms with Crippen LogP contribution in [0, 0.1) is 11.6 Å². The molecule has 2 nitrogen and oxygen atoms in total. The van der Waals surface area contributed by atoms with Crippen molar-refractivity contribution in [2.75, 3.05) is 12.0 Å². The zero-order valence-corrected chi connectivity index (χ0v) is 14.1. The van der Waals surface area contributed by atoms with Crippen LogP contribution in [0.3, 0.4) is 0 Å². The number of nitrogens with zero attached hydrogens (tertiary/aromatic N) is 1. The van der Waals surface area contributed by atoms with Gasteiger partial charge in [-0.15, -0.1) is 23.5 Å². The van der Waals surface area contributed by atoms with Crippen LogP contribution in [-0.2, 0) is 11.3 Å². The summed E-state index contributed by atoms with van der Waals surface area (Å²) in [5.41, 5.74) is 0.907. The molecule has 1 unspecified atom stereocenters. The van der Waals surface area contributed by atoms with Crippen LogP contribution >= 0.6 is 23.5 Å². The van der Waals surface area contributed by atoms with Gasteiger partial charge in [0.25, 0.3) is 0 Å². The number of carbonyl (C=O) groups is 1. The van der Waals surface area contributed by atoms with Gasteiger partial charge in [-0.25, -0.2) is 8.78 Å². The molecule has 0 saturated carbocycles. The molecule has 1 atom stereocenters. The van der Waals surface area contributed by atoms with Crippen molar-refractivity contribution < 1.29 is 13.6 Å². The molecule has 1 saturated heterocycles. The van der Waals surface area contributed by atoms with E-state index in [1.165, 1.54) is 30.0 Å². The Morgan fingerprint density at radius 1 is 1.17 bits per heavy atom. The summed E-state index contributed by atoms with van der Waals surface area (Å²) in [6.07, 6.45) is 2.00. The number of benzene rings is 2. The third-order valence-electron chi connectivity index (χ3n) is 3.76. The van der Waals surface area contributed by atoms with E-state index >= 15 is 0 Å². The quantitative estimate of drug-likeness (QED) is 0.759. The van der Waals surface area contributed by atoms with Gasteiger partial charge < -0.3 is 4.90 Å². The highest BCUT2D eigenvalue weighted by Crippen LogP contribution is 2.40. The predicted molar refractivity (Wildman–Crippen MR) is 90.3 cm³/mol. The minimum absolute atomic E-state index is 0.0563. The van der Waals surface area contributed by atoms with E-state index in [0.29, 0.717) is 5.75 Å². The number of thioether (sulfide) groups is 2. The molecule has 1 amide bonds. The van der Waals surface area contributed by atoms with Crippen LogP contribution in [0.4, 0.5) is 8.78 Å². The number of rotatable bonds is 4. The number of carbonyl (C=O) groups excluding carboxylic acids is 1. The lowest BCUT2D eigenvalue weighted by Crippen LogP contribution is -2.28. The molecule has 0 aliphatic carbocycles. The van der Waals surface area contributed by atoms with E-state index in [-0.39, 0.29) is 23.4 Å². The molecule has 23 heavy (non-hydrogen) atoms. The maximum atomic E-state index is 13.9. The largest absolute Gasteiger partial charge is 0.321 e. The van der Waals surface area contributed by atoms with Crippen molar-refractivity contribution in [2.24, 2.45) is 0 Å². The van der Waals surface area contributed by atoms with Gasteiger partial charge in [-0.05, 0) is 36.1 Å². The lowest BCUT2D eigenvalue weighted by Gasteiger charge is -2.25. The van der Waals surface area contributed by atoms with Gasteiger partial charge in [0.2, 0.25) is 5.91 Å². The SMILES string of the molecule is CSc1ccc(C2SCC(=O)N2Cc2c(F)cccc2F)cc1. The number of hydrogen-bond donors (Lipinski definition) is 0. The van der Waals surface area contributed by atoms with Gasteiger partial charge in [-0.1, -0.05) is 18.2 Å². The average molecular weight is 351 g/mol. The first-order valence-electron chi connectivity index (χ1n) is 7.08. The molecule has 1 aliphatic rings. The zero-order valence-electron chi connectivity index (χ0n) is 12.5. The van der Waals surface area contributed by atoms with Crippen LogP contribution in [-0.4, -0.2) is 22.8 Å². The van der Waals surface area contributed by atoms with Crippen LogP contribution in [0.2, 0.25) is 0 Å². The molecule has 1 aliphatic heterocycles. The Bertz CT molecular complexity index is 701. The van der Waals surface area contributed by atoms with Gasteiger partial charge in [-0.3, -0.25) is 4.79 Å². The Morgan fingerprint density at radius 2 is 1.83 bits per heavy atom. The molecule has 0 aromatic heterocycles. The maximum absolute atomic E-state index is 13.9. The van der Waals surface area contributed by atoms with Crippen molar-refractivity contribution in [3.63, 3.8) is 0 Å². The van der Waals surface area contributed by atoms with Gasteiger partial charge >= 0.3 is 0 Å². The molecule has 1 heterocycles. The fraction of sp³-hybridized carbons (Fsp3) is 0.235. The van der Waals surface area contributed by atoms with Gasteiger partial charge in [-0.2, -0.15) is 0 Å². The van der Waals surface area contributed by atoms with Crippen molar-refractivity contribution in [1.82, 2.24) is 4.90 Å². The molecule has 1 fully saturated rings. The molecule has 0 spiro atoms. The van der Waals surface area contributed by atoms with E-state index < -0.39 is 11.6 Å². The van der Waals surface area contributed by atoms with Crippen LogP contribution in [0.1, 0.15) is 16.5 Å². The van der Waals surface area contributed by atoms with E-state index in [9.17, 15) is 13.6 Å². The summed E-state index contributed by atoms with van der Waals surface area (Å²) in [6, 6.07) is 11.7. The van der Waals surface area contributed by atoms with Gasteiger partial charge in [0, 0.05) is 10.5 Å². The summed E-state index contributed by atoms with van der Waals surface area (Å²) in [7, 11) is 0. The van der Waals surface area contributed by atoms with E-state index in [2.05, 4.69) is 0 Å². The second-order valence-electron chi connectivity index (χ2n) is 5.16. The summed E-state index contributed by atoms with van der Waals surface area (Å²) in [4.78, 5) is 14.8. The minimum atomic E-state index is -0.619. The Kier molecular flexibility index (Phi) is 4.92. The van der Waals surface area contributed by atoms with Crippen molar-refractivity contribution in [3.05, 3.63) is 65.2 Å². The van der Waals surface area contributed by atoms with Crippen molar-refractivity contribution in [2.45, 2.75) is 16.8 Å². The highest BCUT2D eigenvalue weighted by atomic mass is 32.2. The summed E-state index contributed by atoms with van der Waals surface area (Å²) in [5, 5.41) is -0.211. The van der Waals surface area contributed by atoms with E-state index in [1.807, 2.05) is 30.5 Å². The normalized spacial score (nSPS) is 17.8. The molecule has 3 rings (SSSR count). The Balaban J connectivity index is 1.87. The Morgan fingerprint density at radius 3 is 2.43 bits per heavy atom. The molecule has 0 bridgehead atoms. The third kappa shape index (κ3) is 3.38. The van der Waals surface area contributed by atoms with Crippen LogP contribution < -0.4 is 0 Å². The molecular weight excluding hydrogens is 336 g/mol. The summed E-state index contributed by atoms with van der Waals surface area (Å²) in [6.45, 7) is -0.0563. The standard InChI is InChI=1S/C17H15F2NOS2/c1-22-12-7-5-11(6-8-12)17-20(16(21)10-23-17)9-13-14(18)3-2-4-15(13)19/h2-8,17H,9-10H2,1H3. The minimum Gasteiger partial charge on any atom is -0.321 e. The molecule has 0 radical (unpaired) electrons. The van der Waals surface area contributed by atoms with Crippen molar-refractivity contribution in [3.8, 4) is 0 Å². The average Bonchev–Trinajstić information content (AvgIpc) is 2.92. The highest BCUT2D eigenvalue weighted by molar-refractivity contribution is 8.00. The fourth-order valence-corrected chi connectivity index (χ4v) is 4.12. The maximum Gasteiger partial charge on any atom is 0.234 e. The predicted octanol–water partition coefficient (Wildman–Crippen LogP) is 4.46. The molecule has 6 heteroatoms. The van der Waals surface area contributed by atoms with E-state index in [0.717, 1.165) is 10.5 Å². The smallest absolute Gasteiger partial charge is 0.234 e. The number of halogens is 2. The Labute approximate surface area is 142 Å². The van der Waals surface area contributed by atoms with Gasteiger partial charge in [0.1, 0.15) is 17.0 Å². The number of amides is 1. The van der Waals surface area contributed by atoms with E-state index in [1.54, 1.807) is 16.7 Å². The summed E-state index contributed by atoms with van der Waals surface area (Å²) in [5.74, 6) is -1.01. The Hall–Kier alpha value is -1.53. The van der Waals surface area contributed by atoms with Crippen molar-refractivity contribution in [1.29, 1.82) is 0 Å². The molecular formula is C17H15F2NOS2. The molecule has 0 N–H and O–H groups in total. The lowest BCUT2D eigenvalue weighted by molar-refractivity contribution is -0.128. The van der Waals surface area contributed by atoms with Crippen LogP contribution in [0.25, 0.3) is 0 Å².